The highest BCUT2D eigenvalue weighted by Crippen LogP contribution is 2.28. The van der Waals surface area contributed by atoms with Gasteiger partial charge in [0.1, 0.15) is 0 Å². The fourth-order valence-electron chi connectivity index (χ4n) is 1.85. The van der Waals surface area contributed by atoms with E-state index in [-0.39, 0.29) is 12.0 Å². The predicted molar refractivity (Wildman–Crippen MR) is 60.0 cm³/mol. The van der Waals surface area contributed by atoms with E-state index in [2.05, 4.69) is 23.7 Å². The van der Waals surface area contributed by atoms with Gasteiger partial charge in [-0.2, -0.15) is 0 Å². The van der Waals surface area contributed by atoms with Gasteiger partial charge in [0.25, 0.3) is 0 Å². The highest BCUT2D eigenvalue weighted by molar-refractivity contribution is 7.10. The van der Waals surface area contributed by atoms with Crippen molar-refractivity contribution in [2.45, 2.75) is 32.4 Å². The van der Waals surface area contributed by atoms with Crippen molar-refractivity contribution in [1.82, 2.24) is 5.32 Å². The van der Waals surface area contributed by atoms with Crippen molar-refractivity contribution in [3.63, 3.8) is 0 Å². The summed E-state index contributed by atoms with van der Waals surface area (Å²) in [7, 11) is 0. The third kappa shape index (κ3) is 2.21. The van der Waals surface area contributed by atoms with Crippen LogP contribution in [0.2, 0.25) is 0 Å². The second-order valence-corrected chi connectivity index (χ2v) is 5.04. The molecule has 1 aromatic rings. The third-order valence-electron chi connectivity index (χ3n) is 3.08. The lowest BCUT2D eigenvalue weighted by atomic mass is 9.79. The standard InChI is InChI=1S/C11H15NO2S/c1-7-4-5-15-10(7)6-12-9-3-2-8(9)11(13)14/h4-5,8-9,12H,2-3,6H2,1H3,(H,13,14). The Hall–Kier alpha value is -0.870. The van der Waals surface area contributed by atoms with Crippen molar-refractivity contribution in [2.24, 2.45) is 5.92 Å². The summed E-state index contributed by atoms with van der Waals surface area (Å²) in [6.45, 7) is 2.89. The Balaban J connectivity index is 1.84. The molecule has 0 aromatic carbocycles. The summed E-state index contributed by atoms with van der Waals surface area (Å²) in [6, 6.07) is 2.26. The number of carbonyl (C=O) groups is 1. The van der Waals surface area contributed by atoms with Gasteiger partial charge in [0, 0.05) is 17.5 Å². The summed E-state index contributed by atoms with van der Waals surface area (Å²) in [4.78, 5) is 12.1. The molecule has 1 aliphatic rings. The number of carboxylic acids is 1. The van der Waals surface area contributed by atoms with Crippen molar-refractivity contribution in [2.75, 3.05) is 0 Å². The Morgan fingerprint density at radius 3 is 2.93 bits per heavy atom. The number of hydrogen-bond donors (Lipinski definition) is 2. The number of carboxylic acid groups (broad SMARTS) is 1. The summed E-state index contributed by atoms with van der Waals surface area (Å²) in [5.41, 5.74) is 1.29. The number of hydrogen-bond acceptors (Lipinski definition) is 3. The number of nitrogens with one attached hydrogen (secondary N) is 1. The van der Waals surface area contributed by atoms with Crippen LogP contribution in [0.1, 0.15) is 23.3 Å². The topological polar surface area (TPSA) is 49.3 Å². The molecule has 1 aliphatic carbocycles. The molecular weight excluding hydrogens is 210 g/mol. The predicted octanol–water partition coefficient (Wildman–Crippen LogP) is 2.01. The first kappa shape index (κ1) is 10.6. The largest absolute Gasteiger partial charge is 0.481 e. The second-order valence-electron chi connectivity index (χ2n) is 4.04. The van der Waals surface area contributed by atoms with Crippen molar-refractivity contribution in [3.8, 4) is 0 Å². The van der Waals surface area contributed by atoms with Crippen LogP contribution in [0.15, 0.2) is 11.4 Å². The van der Waals surface area contributed by atoms with Gasteiger partial charge in [-0.25, -0.2) is 0 Å². The van der Waals surface area contributed by atoms with Crippen LogP contribution in [0.3, 0.4) is 0 Å². The molecular formula is C11H15NO2S. The normalized spacial score (nSPS) is 24.9. The van der Waals surface area contributed by atoms with Crippen molar-refractivity contribution < 1.29 is 9.90 Å². The number of aliphatic carboxylic acids is 1. The number of rotatable bonds is 4. The van der Waals surface area contributed by atoms with Crippen LogP contribution in [0, 0.1) is 12.8 Å². The summed E-state index contributed by atoms with van der Waals surface area (Å²) in [5, 5.41) is 14.3. The molecule has 0 bridgehead atoms. The van der Waals surface area contributed by atoms with Gasteiger partial charge >= 0.3 is 5.97 Å². The molecule has 1 saturated carbocycles. The van der Waals surface area contributed by atoms with Crippen LogP contribution in [-0.2, 0) is 11.3 Å². The van der Waals surface area contributed by atoms with Gasteiger partial charge in [-0.3, -0.25) is 4.79 Å². The van der Waals surface area contributed by atoms with Crippen LogP contribution in [0.5, 0.6) is 0 Å². The lowest BCUT2D eigenvalue weighted by molar-refractivity contribution is -0.146. The average Bonchev–Trinajstić information content (AvgIpc) is 2.49. The molecule has 2 N–H and O–H groups in total. The van der Waals surface area contributed by atoms with Crippen molar-refractivity contribution >= 4 is 17.3 Å². The molecule has 1 heterocycles. The van der Waals surface area contributed by atoms with Crippen LogP contribution < -0.4 is 5.32 Å². The third-order valence-corrected chi connectivity index (χ3v) is 4.11. The van der Waals surface area contributed by atoms with Gasteiger partial charge in [-0.1, -0.05) is 0 Å². The Labute approximate surface area is 93.1 Å². The molecule has 15 heavy (non-hydrogen) atoms. The van der Waals surface area contributed by atoms with Crippen LogP contribution in [-0.4, -0.2) is 17.1 Å². The van der Waals surface area contributed by atoms with Gasteiger partial charge in [0.15, 0.2) is 0 Å². The van der Waals surface area contributed by atoms with Gasteiger partial charge < -0.3 is 10.4 Å². The average molecular weight is 225 g/mol. The maximum Gasteiger partial charge on any atom is 0.308 e. The first-order valence-electron chi connectivity index (χ1n) is 5.17. The lowest BCUT2D eigenvalue weighted by Gasteiger charge is -2.34. The van der Waals surface area contributed by atoms with E-state index >= 15 is 0 Å². The lowest BCUT2D eigenvalue weighted by Crippen LogP contribution is -2.47. The molecule has 0 radical (unpaired) electrons. The van der Waals surface area contributed by atoms with Gasteiger partial charge in [-0.15, -0.1) is 11.3 Å². The van der Waals surface area contributed by atoms with Crippen LogP contribution in [0.25, 0.3) is 0 Å². The molecule has 82 valence electrons. The van der Waals surface area contributed by atoms with Crippen molar-refractivity contribution in [1.29, 1.82) is 0 Å². The van der Waals surface area contributed by atoms with E-state index in [0.29, 0.717) is 0 Å². The zero-order valence-electron chi connectivity index (χ0n) is 8.69. The smallest absolute Gasteiger partial charge is 0.308 e. The second kappa shape index (κ2) is 4.33. The molecule has 2 unspecified atom stereocenters. The molecule has 2 rings (SSSR count). The molecule has 1 aromatic heterocycles. The SMILES string of the molecule is Cc1ccsc1CNC1CCC1C(=O)O. The molecule has 3 nitrogen and oxygen atoms in total. The van der Waals surface area contributed by atoms with E-state index in [9.17, 15) is 4.79 Å². The maximum atomic E-state index is 10.8. The quantitative estimate of drug-likeness (QED) is 0.824. The zero-order valence-corrected chi connectivity index (χ0v) is 9.51. The minimum absolute atomic E-state index is 0.170. The minimum atomic E-state index is -0.665. The number of thiophene rings is 1. The minimum Gasteiger partial charge on any atom is -0.481 e. The summed E-state index contributed by atoms with van der Waals surface area (Å²) < 4.78 is 0. The van der Waals surface area contributed by atoms with Gasteiger partial charge in [0.2, 0.25) is 0 Å². The highest BCUT2D eigenvalue weighted by Gasteiger charge is 2.35. The summed E-state index contributed by atoms with van der Waals surface area (Å²) in [5.74, 6) is -0.841. The molecule has 1 fully saturated rings. The molecule has 2 atom stereocenters. The van der Waals surface area contributed by atoms with Crippen molar-refractivity contribution in [3.05, 3.63) is 21.9 Å². The molecule has 0 amide bonds. The summed E-state index contributed by atoms with van der Waals surface area (Å²) in [6.07, 6.45) is 1.80. The van der Waals surface area contributed by atoms with Gasteiger partial charge in [0.05, 0.1) is 5.92 Å². The first-order valence-corrected chi connectivity index (χ1v) is 6.05. The van der Waals surface area contributed by atoms with E-state index in [0.717, 1.165) is 19.4 Å². The van der Waals surface area contributed by atoms with E-state index in [1.165, 1.54) is 10.4 Å². The monoisotopic (exact) mass is 225 g/mol. The maximum absolute atomic E-state index is 10.8. The van der Waals surface area contributed by atoms with E-state index in [1.54, 1.807) is 11.3 Å². The number of aryl methyl sites for hydroxylation is 1. The van der Waals surface area contributed by atoms with E-state index < -0.39 is 5.97 Å². The molecule has 0 aliphatic heterocycles. The van der Waals surface area contributed by atoms with Crippen LogP contribution >= 0.6 is 11.3 Å². The van der Waals surface area contributed by atoms with Gasteiger partial charge in [-0.05, 0) is 36.8 Å². The molecule has 0 saturated heterocycles. The highest BCUT2D eigenvalue weighted by atomic mass is 32.1. The van der Waals surface area contributed by atoms with Crippen LogP contribution in [0.4, 0.5) is 0 Å². The fourth-order valence-corrected chi connectivity index (χ4v) is 2.71. The zero-order chi connectivity index (χ0) is 10.8. The first-order chi connectivity index (χ1) is 7.18. The fraction of sp³-hybridized carbons (Fsp3) is 0.545. The Bertz CT molecular complexity index is 361. The van der Waals surface area contributed by atoms with E-state index in [4.69, 9.17) is 5.11 Å². The molecule has 4 heteroatoms. The summed E-state index contributed by atoms with van der Waals surface area (Å²) >= 11 is 1.73. The Morgan fingerprint density at radius 2 is 2.47 bits per heavy atom. The van der Waals surface area contributed by atoms with E-state index in [1.807, 2.05) is 0 Å². The Morgan fingerprint density at radius 1 is 1.67 bits per heavy atom. The Kier molecular flexibility index (Phi) is 3.07. The molecule has 0 spiro atoms.